The number of aromatic nitrogens is 2. The third kappa shape index (κ3) is 3.23. The fraction of sp³-hybridized carbons (Fsp3) is 0.308. The smallest absolute Gasteiger partial charge is 0.406 e. The van der Waals surface area contributed by atoms with Crippen molar-refractivity contribution in [3.8, 4) is 17.0 Å². The molecule has 1 aromatic carbocycles. The van der Waals surface area contributed by atoms with Gasteiger partial charge < -0.3 is 10.1 Å². The fourth-order valence-electron chi connectivity index (χ4n) is 1.82. The summed E-state index contributed by atoms with van der Waals surface area (Å²) in [5.74, 6) is 0.509. The minimum absolute atomic E-state index is 0.239. The lowest BCUT2D eigenvalue weighted by Gasteiger charge is -2.08. The van der Waals surface area contributed by atoms with Gasteiger partial charge in [-0.2, -0.15) is 5.10 Å². The molecule has 1 aliphatic carbocycles. The van der Waals surface area contributed by atoms with E-state index in [0.717, 1.165) is 29.9 Å². The van der Waals surface area contributed by atoms with Gasteiger partial charge in [0.15, 0.2) is 0 Å². The van der Waals surface area contributed by atoms with E-state index in [0.29, 0.717) is 6.04 Å². The highest BCUT2D eigenvalue weighted by molar-refractivity contribution is 5.63. The molecule has 0 saturated heterocycles. The molecule has 0 bridgehead atoms. The Balaban J connectivity index is 1.71. The van der Waals surface area contributed by atoms with Crippen molar-refractivity contribution in [2.24, 2.45) is 0 Å². The van der Waals surface area contributed by atoms with E-state index in [1.807, 2.05) is 6.07 Å². The number of halogens is 3. The second-order valence-corrected chi connectivity index (χ2v) is 4.66. The summed E-state index contributed by atoms with van der Waals surface area (Å²) >= 11 is 0. The van der Waals surface area contributed by atoms with Gasteiger partial charge in [0, 0.05) is 12.1 Å². The molecular formula is C13H12F3N3O. The summed E-state index contributed by atoms with van der Waals surface area (Å²) in [5, 5.41) is 10.2. The molecule has 7 heteroatoms. The van der Waals surface area contributed by atoms with Crippen molar-refractivity contribution in [1.82, 2.24) is 10.2 Å². The van der Waals surface area contributed by atoms with E-state index in [1.54, 1.807) is 12.1 Å². The van der Waals surface area contributed by atoms with Crippen LogP contribution in [0.4, 0.5) is 19.0 Å². The predicted octanol–water partition coefficient (Wildman–Crippen LogP) is 3.55. The van der Waals surface area contributed by atoms with Crippen LogP contribution in [0.2, 0.25) is 0 Å². The standard InChI is InChI=1S/C13H12F3N3O/c14-13(15,16)20-10-5-1-8(2-6-10)11-7-12(19-18-11)17-9-3-4-9/h1-2,5-7,9H,3-4H2,(H2,17,18,19). The average molecular weight is 283 g/mol. The molecule has 1 saturated carbocycles. The van der Waals surface area contributed by atoms with Crippen LogP contribution >= 0.6 is 0 Å². The molecule has 1 heterocycles. The third-order valence-electron chi connectivity index (χ3n) is 2.91. The normalized spacial score (nSPS) is 15.2. The molecule has 1 aliphatic rings. The molecule has 106 valence electrons. The number of alkyl halides is 3. The Bertz CT molecular complexity index is 588. The highest BCUT2D eigenvalue weighted by atomic mass is 19.4. The summed E-state index contributed by atoms with van der Waals surface area (Å²) < 4.78 is 40.0. The van der Waals surface area contributed by atoms with Gasteiger partial charge in [0.2, 0.25) is 0 Å². The zero-order valence-electron chi connectivity index (χ0n) is 10.4. The monoisotopic (exact) mass is 283 g/mol. The topological polar surface area (TPSA) is 49.9 Å². The number of hydrogen-bond donors (Lipinski definition) is 2. The van der Waals surface area contributed by atoms with Gasteiger partial charge in [-0.3, -0.25) is 5.10 Å². The number of anilines is 1. The van der Waals surface area contributed by atoms with E-state index in [1.165, 1.54) is 12.1 Å². The van der Waals surface area contributed by atoms with Crippen LogP contribution in [0.1, 0.15) is 12.8 Å². The quantitative estimate of drug-likeness (QED) is 0.902. The minimum Gasteiger partial charge on any atom is -0.406 e. The molecule has 0 amide bonds. The first-order chi connectivity index (χ1) is 9.49. The van der Waals surface area contributed by atoms with Crippen molar-refractivity contribution in [3.63, 3.8) is 0 Å². The third-order valence-corrected chi connectivity index (χ3v) is 2.91. The van der Waals surface area contributed by atoms with Gasteiger partial charge in [0.25, 0.3) is 0 Å². The van der Waals surface area contributed by atoms with E-state index < -0.39 is 6.36 Å². The highest BCUT2D eigenvalue weighted by Gasteiger charge is 2.31. The van der Waals surface area contributed by atoms with E-state index >= 15 is 0 Å². The van der Waals surface area contributed by atoms with Gasteiger partial charge in [0.05, 0.1) is 5.69 Å². The maximum atomic E-state index is 12.0. The van der Waals surface area contributed by atoms with E-state index in [2.05, 4.69) is 20.3 Å². The number of nitrogens with zero attached hydrogens (tertiary/aromatic N) is 1. The van der Waals surface area contributed by atoms with Crippen molar-refractivity contribution in [2.45, 2.75) is 25.2 Å². The maximum Gasteiger partial charge on any atom is 0.573 e. The van der Waals surface area contributed by atoms with Crippen molar-refractivity contribution < 1.29 is 17.9 Å². The van der Waals surface area contributed by atoms with Crippen LogP contribution in [-0.2, 0) is 0 Å². The second kappa shape index (κ2) is 4.73. The lowest BCUT2D eigenvalue weighted by Crippen LogP contribution is -2.16. The zero-order valence-corrected chi connectivity index (χ0v) is 10.4. The Morgan fingerprint density at radius 1 is 1.20 bits per heavy atom. The lowest BCUT2D eigenvalue weighted by atomic mass is 10.1. The van der Waals surface area contributed by atoms with Crippen LogP contribution in [-0.4, -0.2) is 22.6 Å². The number of H-pyrrole nitrogens is 1. The molecule has 0 aliphatic heterocycles. The van der Waals surface area contributed by atoms with Crippen LogP contribution in [0.15, 0.2) is 30.3 Å². The number of ether oxygens (including phenoxy) is 1. The van der Waals surface area contributed by atoms with Gasteiger partial charge in [-0.15, -0.1) is 13.2 Å². The first kappa shape index (κ1) is 12.8. The number of hydrogen-bond acceptors (Lipinski definition) is 3. The van der Waals surface area contributed by atoms with Crippen LogP contribution in [0, 0.1) is 0 Å². The van der Waals surface area contributed by atoms with Gasteiger partial charge in [-0.05, 0) is 42.7 Å². The first-order valence-corrected chi connectivity index (χ1v) is 6.18. The highest BCUT2D eigenvalue weighted by Crippen LogP contribution is 2.28. The molecule has 2 N–H and O–H groups in total. The molecular weight excluding hydrogens is 271 g/mol. The fourth-order valence-corrected chi connectivity index (χ4v) is 1.82. The predicted molar refractivity (Wildman–Crippen MR) is 67.4 cm³/mol. The number of rotatable bonds is 4. The van der Waals surface area contributed by atoms with E-state index in [-0.39, 0.29) is 5.75 Å². The molecule has 1 aromatic heterocycles. The maximum absolute atomic E-state index is 12.0. The Morgan fingerprint density at radius 2 is 1.90 bits per heavy atom. The lowest BCUT2D eigenvalue weighted by molar-refractivity contribution is -0.274. The van der Waals surface area contributed by atoms with Crippen molar-refractivity contribution in [2.75, 3.05) is 5.32 Å². The number of nitrogens with one attached hydrogen (secondary N) is 2. The largest absolute Gasteiger partial charge is 0.573 e. The van der Waals surface area contributed by atoms with Crippen molar-refractivity contribution in [3.05, 3.63) is 30.3 Å². The second-order valence-electron chi connectivity index (χ2n) is 4.66. The summed E-state index contributed by atoms with van der Waals surface area (Å²) in [6.07, 6.45) is -2.38. The molecule has 4 nitrogen and oxygen atoms in total. The number of aromatic amines is 1. The van der Waals surface area contributed by atoms with E-state index in [9.17, 15) is 13.2 Å². The summed E-state index contributed by atoms with van der Waals surface area (Å²) in [6, 6.07) is 7.98. The summed E-state index contributed by atoms with van der Waals surface area (Å²) in [6.45, 7) is 0. The zero-order chi connectivity index (χ0) is 14.2. The van der Waals surface area contributed by atoms with E-state index in [4.69, 9.17) is 0 Å². The molecule has 0 spiro atoms. The van der Waals surface area contributed by atoms with Gasteiger partial charge >= 0.3 is 6.36 Å². The van der Waals surface area contributed by atoms with Gasteiger partial charge in [-0.25, -0.2) is 0 Å². The summed E-state index contributed by atoms with van der Waals surface area (Å²) in [5.41, 5.74) is 1.49. The number of benzene rings is 1. The van der Waals surface area contributed by atoms with Crippen molar-refractivity contribution in [1.29, 1.82) is 0 Å². The molecule has 3 rings (SSSR count). The van der Waals surface area contributed by atoms with Crippen LogP contribution < -0.4 is 10.1 Å². The van der Waals surface area contributed by atoms with Gasteiger partial charge in [-0.1, -0.05) is 0 Å². The average Bonchev–Trinajstić information content (AvgIpc) is 3.05. The minimum atomic E-state index is -4.67. The van der Waals surface area contributed by atoms with Crippen LogP contribution in [0.25, 0.3) is 11.3 Å². The first-order valence-electron chi connectivity index (χ1n) is 6.18. The Kier molecular flexibility index (Phi) is 3.04. The van der Waals surface area contributed by atoms with Crippen LogP contribution in [0.3, 0.4) is 0 Å². The molecule has 0 atom stereocenters. The molecule has 1 fully saturated rings. The Hall–Kier alpha value is -2.18. The Morgan fingerprint density at radius 3 is 2.50 bits per heavy atom. The molecule has 2 aromatic rings. The van der Waals surface area contributed by atoms with Crippen LogP contribution in [0.5, 0.6) is 5.75 Å². The van der Waals surface area contributed by atoms with Gasteiger partial charge in [0.1, 0.15) is 11.6 Å². The van der Waals surface area contributed by atoms with Crippen molar-refractivity contribution >= 4 is 5.82 Å². The SMILES string of the molecule is FC(F)(F)Oc1ccc(-c2cc(NC3CC3)n[nH]2)cc1. The molecule has 20 heavy (non-hydrogen) atoms. The Labute approximate surface area is 112 Å². The molecule has 0 unspecified atom stereocenters. The summed E-state index contributed by atoms with van der Waals surface area (Å²) in [4.78, 5) is 0. The molecule has 0 radical (unpaired) electrons. The summed E-state index contributed by atoms with van der Waals surface area (Å²) in [7, 11) is 0.